The summed E-state index contributed by atoms with van der Waals surface area (Å²) >= 11 is 0. The highest BCUT2D eigenvalue weighted by molar-refractivity contribution is 6.08. The van der Waals surface area contributed by atoms with Gasteiger partial charge in [-0.15, -0.1) is 0 Å². The molecule has 6 nitrogen and oxygen atoms in total. The van der Waals surface area contributed by atoms with E-state index < -0.39 is 0 Å². The molecule has 116 valence electrons. The van der Waals surface area contributed by atoms with Crippen molar-refractivity contribution in [2.24, 2.45) is 0 Å². The quantitative estimate of drug-likeness (QED) is 0.710. The number of nitrogens with one attached hydrogen (secondary N) is 2. The lowest BCUT2D eigenvalue weighted by molar-refractivity contribution is -0.112. The van der Waals surface area contributed by atoms with Crippen LogP contribution in [0.3, 0.4) is 0 Å². The van der Waals surface area contributed by atoms with E-state index >= 15 is 0 Å². The van der Waals surface area contributed by atoms with Crippen LogP contribution in [0.15, 0.2) is 55.0 Å². The van der Waals surface area contributed by atoms with Crippen molar-refractivity contribution < 1.29 is 9.53 Å². The summed E-state index contributed by atoms with van der Waals surface area (Å²) in [5, 5.41) is 3.41. The summed E-state index contributed by atoms with van der Waals surface area (Å²) in [7, 11) is 0. The van der Waals surface area contributed by atoms with E-state index in [0.29, 0.717) is 34.8 Å². The van der Waals surface area contributed by atoms with Crippen LogP contribution in [0.4, 0.5) is 5.69 Å². The summed E-state index contributed by atoms with van der Waals surface area (Å²) in [5.41, 5.74) is 2.61. The smallest absolute Gasteiger partial charge is 0.250 e. The molecule has 3 aromatic rings. The van der Waals surface area contributed by atoms with Crippen molar-refractivity contribution in [1.29, 1.82) is 0 Å². The van der Waals surface area contributed by atoms with E-state index in [1.165, 1.54) is 6.33 Å². The van der Waals surface area contributed by atoms with Crippen LogP contribution in [0, 0.1) is 0 Å². The van der Waals surface area contributed by atoms with Crippen molar-refractivity contribution >= 4 is 22.6 Å². The summed E-state index contributed by atoms with van der Waals surface area (Å²) in [6, 6.07) is 9.79. The van der Waals surface area contributed by atoms with Gasteiger partial charge in [-0.25, -0.2) is 9.97 Å². The van der Waals surface area contributed by atoms with Gasteiger partial charge in [-0.2, -0.15) is 0 Å². The number of hydrogen-bond acceptors (Lipinski definition) is 4. The van der Waals surface area contributed by atoms with Crippen LogP contribution in [0.2, 0.25) is 0 Å². The zero-order chi connectivity index (χ0) is 16.2. The van der Waals surface area contributed by atoms with Crippen LogP contribution in [0.25, 0.3) is 11.0 Å². The Morgan fingerprint density at radius 3 is 2.83 bits per heavy atom. The molecule has 0 unspecified atom stereocenters. The molecule has 2 aromatic heterocycles. The van der Waals surface area contributed by atoms with Crippen molar-refractivity contribution in [3.8, 4) is 5.88 Å². The molecule has 23 heavy (non-hydrogen) atoms. The highest BCUT2D eigenvalue weighted by Crippen LogP contribution is 2.29. The second-order valence-corrected chi connectivity index (χ2v) is 5.11. The number of benzene rings is 1. The number of carbonyl (C=O) groups is 1. The van der Waals surface area contributed by atoms with Crippen molar-refractivity contribution in [1.82, 2.24) is 15.0 Å². The Labute approximate surface area is 133 Å². The molecule has 0 saturated heterocycles. The van der Waals surface area contributed by atoms with Gasteiger partial charge in [0.1, 0.15) is 24.0 Å². The highest BCUT2D eigenvalue weighted by Gasteiger charge is 2.14. The van der Waals surface area contributed by atoms with Crippen molar-refractivity contribution in [2.45, 2.75) is 13.5 Å². The van der Waals surface area contributed by atoms with Gasteiger partial charge < -0.3 is 15.0 Å². The number of aromatic amines is 1. The standard InChI is InChI=1S/C17H16N4O2/c1-11(2)16(22)21-13-8-18-15-14(13)17(20-10-19-15)23-9-12-6-4-3-5-7-12/h3-8,10H,1,9H2,2H3,(H,21,22)(H,18,19,20). The molecule has 0 aliphatic heterocycles. The van der Waals surface area contributed by atoms with E-state index in [9.17, 15) is 4.79 Å². The van der Waals surface area contributed by atoms with Crippen LogP contribution < -0.4 is 10.1 Å². The molecular weight excluding hydrogens is 292 g/mol. The third-order valence-corrected chi connectivity index (χ3v) is 3.29. The Balaban J connectivity index is 1.89. The number of ether oxygens (including phenoxy) is 1. The molecule has 6 heteroatoms. The Kier molecular flexibility index (Phi) is 4.05. The van der Waals surface area contributed by atoms with Crippen molar-refractivity contribution in [3.63, 3.8) is 0 Å². The second kappa shape index (κ2) is 6.31. The maximum atomic E-state index is 11.8. The average Bonchev–Trinajstić information content (AvgIpc) is 2.97. The lowest BCUT2D eigenvalue weighted by Gasteiger charge is -2.08. The molecule has 1 amide bonds. The van der Waals surface area contributed by atoms with E-state index in [4.69, 9.17) is 4.74 Å². The maximum absolute atomic E-state index is 11.8. The SMILES string of the molecule is C=C(C)C(=O)Nc1c[nH]c2ncnc(OCc3ccccc3)c12. The summed E-state index contributed by atoms with van der Waals surface area (Å²) in [4.78, 5) is 23.2. The zero-order valence-corrected chi connectivity index (χ0v) is 12.7. The number of amides is 1. The number of H-pyrrole nitrogens is 1. The fraction of sp³-hybridized carbons (Fsp3) is 0.118. The molecule has 2 N–H and O–H groups in total. The van der Waals surface area contributed by atoms with Gasteiger partial charge in [0, 0.05) is 11.8 Å². The predicted molar refractivity (Wildman–Crippen MR) is 88.1 cm³/mol. The Bertz CT molecular complexity index is 855. The third-order valence-electron chi connectivity index (χ3n) is 3.29. The molecule has 0 spiro atoms. The number of fused-ring (bicyclic) bond motifs is 1. The number of rotatable bonds is 5. The summed E-state index contributed by atoms with van der Waals surface area (Å²) in [6.07, 6.45) is 3.08. The molecule has 3 rings (SSSR count). The number of carbonyl (C=O) groups excluding carboxylic acids is 1. The highest BCUT2D eigenvalue weighted by atomic mass is 16.5. The van der Waals surface area contributed by atoms with Crippen LogP contribution in [-0.4, -0.2) is 20.9 Å². The van der Waals surface area contributed by atoms with E-state index in [1.807, 2.05) is 30.3 Å². The van der Waals surface area contributed by atoms with Gasteiger partial charge in [0.2, 0.25) is 5.88 Å². The lowest BCUT2D eigenvalue weighted by Crippen LogP contribution is -2.11. The van der Waals surface area contributed by atoms with Gasteiger partial charge in [0.05, 0.1) is 5.69 Å². The fourth-order valence-electron chi connectivity index (χ4n) is 2.10. The van der Waals surface area contributed by atoms with Crippen LogP contribution in [-0.2, 0) is 11.4 Å². The van der Waals surface area contributed by atoms with Gasteiger partial charge in [-0.05, 0) is 12.5 Å². The molecule has 0 fully saturated rings. The molecule has 2 heterocycles. The van der Waals surface area contributed by atoms with Gasteiger partial charge in [0.25, 0.3) is 5.91 Å². The van der Waals surface area contributed by atoms with Crippen molar-refractivity contribution in [2.75, 3.05) is 5.32 Å². The fourth-order valence-corrected chi connectivity index (χ4v) is 2.10. The average molecular weight is 308 g/mol. The largest absolute Gasteiger partial charge is 0.472 e. The van der Waals surface area contributed by atoms with Crippen molar-refractivity contribution in [3.05, 3.63) is 60.6 Å². The zero-order valence-electron chi connectivity index (χ0n) is 12.7. The number of aromatic nitrogens is 3. The summed E-state index contributed by atoms with van der Waals surface area (Å²) in [5.74, 6) is 0.154. The first-order valence-electron chi connectivity index (χ1n) is 7.11. The van der Waals surface area contributed by atoms with Crippen LogP contribution in [0.5, 0.6) is 5.88 Å². The minimum atomic E-state index is -0.260. The van der Waals surface area contributed by atoms with E-state index in [2.05, 4.69) is 26.8 Å². The monoisotopic (exact) mass is 308 g/mol. The first kappa shape index (κ1) is 14.8. The molecular formula is C17H16N4O2. The van der Waals surface area contributed by atoms with E-state index in [-0.39, 0.29) is 5.91 Å². The van der Waals surface area contributed by atoms with Gasteiger partial charge in [-0.1, -0.05) is 36.9 Å². The predicted octanol–water partition coefficient (Wildman–Crippen LogP) is 3.05. The molecule has 0 radical (unpaired) electrons. The normalized spacial score (nSPS) is 10.5. The number of nitrogens with zero attached hydrogens (tertiary/aromatic N) is 2. The van der Waals surface area contributed by atoms with Crippen LogP contribution >= 0.6 is 0 Å². The molecule has 0 aliphatic rings. The first-order valence-corrected chi connectivity index (χ1v) is 7.11. The number of anilines is 1. The van der Waals surface area contributed by atoms with Gasteiger partial charge in [0.15, 0.2) is 0 Å². The molecule has 0 bridgehead atoms. The van der Waals surface area contributed by atoms with Crippen LogP contribution in [0.1, 0.15) is 12.5 Å². The first-order chi connectivity index (χ1) is 11.1. The Morgan fingerprint density at radius 1 is 1.30 bits per heavy atom. The maximum Gasteiger partial charge on any atom is 0.250 e. The molecule has 0 saturated carbocycles. The van der Waals surface area contributed by atoms with E-state index in [1.54, 1.807) is 13.1 Å². The minimum absolute atomic E-state index is 0.260. The second-order valence-electron chi connectivity index (χ2n) is 5.11. The Hall–Kier alpha value is -3.15. The van der Waals surface area contributed by atoms with Gasteiger partial charge >= 0.3 is 0 Å². The number of hydrogen-bond donors (Lipinski definition) is 2. The topological polar surface area (TPSA) is 79.9 Å². The third kappa shape index (κ3) is 3.21. The summed E-state index contributed by atoms with van der Waals surface area (Å²) < 4.78 is 5.80. The van der Waals surface area contributed by atoms with E-state index in [0.717, 1.165) is 5.56 Å². The molecule has 1 aromatic carbocycles. The lowest BCUT2D eigenvalue weighted by atomic mass is 10.2. The Morgan fingerprint density at radius 2 is 2.09 bits per heavy atom. The molecule has 0 atom stereocenters. The molecule has 0 aliphatic carbocycles. The summed E-state index contributed by atoms with van der Waals surface area (Å²) in [6.45, 7) is 5.66. The minimum Gasteiger partial charge on any atom is -0.472 e. The van der Waals surface area contributed by atoms with Gasteiger partial charge in [-0.3, -0.25) is 4.79 Å².